The molecule has 0 fully saturated rings. The zero-order valence-electron chi connectivity index (χ0n) is 11.0. The quantitative estimate of drug-likeness (QED) is 0.852. The molecule has 2 rings (SSSR count). The van der Waals surface area contributed by atoms with Gasteiger partial charge >= 0.3 is 0 Å². The van der Waals surface area contributed by atoms with E-state index in [4.69, 9.17) is 20.0 Å². The lowest BCUT2D eigenvalue weighted by atomic mass is 10.2. The van der Waals surface area contributed by atoms with Crippen LogP contribution in [0.5, 0.6) is 17.4 Å². The van der Waals surface area contributed by atoms with Crippen LogP contribution in [0.1, 0.15) is 16.8 Å². The monoisotopic (exact) mass is 265 g/mol. The molecule has 0 aliphatic rings. The third-order valence-corrected chi connectivity index (χ3v) is 2.62. The fourth-order valence-electron chi connectivity index (χ4n) is 1.62. The number of pyridine rings is 1. The number of nitrogens with zero attached hydrogens (tertiary/aromatic N) is 3. The second-order valence-electron chi connectivity index (χ2n) is 4.00. The molecule has 0 saturated carbocycles. The van der Waals surface area contributed by atoms with Gasteiger partial charge < -0.3 is 9.47 Å². The maximum Gasteiger partial charge on any atom is 0.237 e. The largest absolute Gasteiger partial charge is 0.493 e. The van der Waals surface area contributed by atoms with Crippen molar-refractivity contribution in [2.24, 2.45) is 0 Å². The molecule has 1 aromatic heterocycles. The van der Waals surface area contributed by atoms with Crippen LogP contribution in [0.2, 0.25) is 0 Å². The highest BCUT2D eigenvalue weighted by atomic mass is 16.5. The molecule has 5 nitrogen and oxygen atoms in total. The van der Waals surface area contributed by atoms with Crippen molar-refractivity contribution < 1.29 is 9.47 Å². The summed E-state index contributed by atoms with van der Waals surface area (Å²) in [4.78, 5) is 4.19. The summed E-state index contributed by atoms with van der Waals surface area (Å²) in [6, 6.07) is 12.2. The predicted molar refractivity (Wildman–Crippen MR) is 71.5 cm³/mol. The topological polar surface area (TPSA) is 78.9 Å². The Morgan fingerprint density at radius 1 is 1.05 bits per heavy atom. The first-order valence-corrected chi connectivity index (χ1v) is 5.81. The second-order valence-corrected chi connectivity index (χ2v) is 4.00. The Kier molecular flexibility index (Phi) is 3.83. The van der Waals surface area contributed by atoms with Gasteiger partial charge in [-0.2, -0.15) is 10.5 Å². The zero-order chi connectivity index (χ0) is 14.5. The van der Waals surface area contributed by atoms with Gasteiger partial charge in [-0.05, 0) is 31.2 Å². The zero-order valence-corrected chi connectivity index (χ0v) is 11.0. The van der Waals surface area contributed by atoms with Crippen LogP contribution in [0.25, 0.3) is 0 Å². The fourth-order valence-corrected chi connectivity index (χ4v) is 1.62. The van der Waals surface area contributed by atoms with Gasteiger partial charge in [-0.25, -0.2) is 4.98 Å². The van der Waals surface area contributed by atoms with Gasteiger partial charge in [0.1, 0.15) is 11.6 Å². The summed E-state index contributed by atoms with van der Waals surface area (Å²) < 4.78 is 10.8. The van der Waals surface area contributed by atoms with E-state index in [0.29, 0.717) is 22.6 Å². The van der Waals surface area contributed by atoms with Crippen molar-refractivity contribution in [1.82, 2.24) is 4.98 Å². The van der Waals surface area contributed by atoms with Crippen molar-refractivity contribution in [2.45, 2.75) is 6.92 Å². The summed E-state index contributed by atoms with van der Waals surface area (Å²) in [5, 5.41) is 17.9. The van der Waals surface area contributed by atoms with E-state index in [1.54, 1.807) is 30.3 Å². The third-order valence-electron chi connectivity index (χ3n) is 2.62. The van der Waals surface area contributed by atoms with Gasteiger partial charge in [-0.3, -0.25) is 0 Å². The lowest BCUT2D eigenvalue weighted by molar-refractivity contribution is 0.373. The Morgan fingerprint density at radius 2 is 1.85 bits per heavy atom. The molecule has 0 amide bonds. The van der Waals surface area contributed by atoms with Crippen molar-refractivity contribution in [2.75, 3.05) is 7.11 Å². The van der Waals surface area contributed by atoms with Gasteiger partial charge in [0.05, 0.1) is 18.7 Å². The number of rotatable bonds is 3. The fraction of sp³-hybridized carbons (Fsp3) is 0.133. The van der Waals surface area contributed by atoms with E-state index < -0.39 is 0 Å². The second kappa shape index (κ2) is 5.73. The van der Waals surface area contributed by atoms with Gasteiger partial charge in [-0.15, -0.1) is 0 Å². The summed E-state index contributed by atoms with van der Waals surface area (Å²) in [6.07, 6.45) is 0. The molecule has 2 aromatic rings. The first-order valence-electron chi connectivity index (χ1n) is 5.81. The molecule has 5 heteroatoms. The summed E-state index contributed by atoms with van der Waals surface area (Å²) in [7, 11) is 1.48. The standard InChI is InChI=1S/C15H11N3O2/c1-10-3-5-12(9-17)15(18-10)20-13-6-4-11(8-16)7-14(13)19-2/h3-7H,1-2H3. The minimum absolute atomic E-state index is 0.218. The lowest BCUT2D eigenvalue weighted by Gasteiger charge is -2.11. The number of nitriles is 2. The summed E-state index contributed by atoms with van der Waals surface area (Å²) in [5.41, 5.74) is 1.54. The highest BCUT2D eigenvalue weighted by molar-refractivity contribution is 5.49. The van der Waals surface area contributed by atoms with Gasteiger partial charge in [-0.1, -0.05) is 0 Å². The number of ether oxygens (including phenoxy) is 2. The Balaban J connectivity index is 2.43. The van der Waals surface area contributed by atoms with Crippen molar-refractivity contribution in [3.8, 4) is 29.5 Å². The maximum absolute atomic E-state index is 9.05. The van der Waals surface area contributed by atoms with E-state index >= 15 is 0 Å². The molecule has 0 aliphatic carbocycles. The average Bonchev–Trinajstić information content (AvgIpc) is 2.48. The number of benzene rings is 1. The minimum Gasteiger partial charge on any atom is -0.493 e. The number of aryl methyl sites for hydroxylation is 1. The lowest BCUT2D eigenvalue weighted by Crippen LogP contribution is -1.96. The van der Waals surface area contributed by atoms with E-state index in [2.05, 4.69) is 4.98 Å². The Morgan fingerprint density at radius 3 is 2.50 bits per heavy atom. The molecule has 0 saturated heterocycles. The Hall–Kier alpha value is -3.05. The van der Waals surface area contributed by atoms with Crippen LogP contribution < -0.4 is 9.47 Å². The SMILES string of the molecule is COc1cc(C#N)ccc1Oc1nc(C)ccc1C#N. The van der Waals surface area contributed by atoms with Crippen molar-refractivity contribution in [1.29, 1.82) is 10.5 Å². The molecule has 0 aliphatic heterocycles. The van der Waals surface area contributed by atoms with E-state index in [1.807, 2.05) is 19.1 Å². The molecule has 0 atom stereocenters. The molecular formula is C15H11N3O2. The van der Waals surface area contributed by atoms with Crippen LogP contribution in [-0.4, -0.2) is 12.1 Å². The highest BCUT2D eigenvalue weighted by Crippen LogP contribution is 2.32. The number of methoxy groups -OCH3 is 1. The molecular weight excluding hydrogens is 254 g/mol. The van der Waals surface area contributed by atoms with Crippen molar-refractivity contribution in [3.63, 3.8) is 0 Å². The van der Waals surface area contributed by atoms with E-state index in [-0.39, 0.29) is 5.88 Å². The van der Waals surface area contributed by atoms with Gasteiger partial charge in [0.25, 0.3) is 0 Å². The van der Waals surface area contributed by atoms with E-state index in [1.165, 1.54) is 7.11 Å². The molecule has 0 radical (unpaired) electrons. The van der Waals surface area contributed by atoms with Crippen LogP contribution >= 0.6 is 0 Å². The van der Waals surface area contributed by atoms with Crippen LogP contribution in [0.4, 0.5) is 0 Å². The molecule has 98 valence electrons. The number of aromatic nitrogens is 1. The normalized spacial score (nSPS) is 9.40. The average molecular weight is 265 g/mol. The van der Waals surface area contributed by atoms with E-state index in [9.17, 15) is 0 Å². The van der Waals surface area contributed by atoms with Gasteiger partial charge in [0, 0.05) is 11.8 Å². The minimum atomic E-state index is 0.218. The molecule has 0 spiro atoms. The summed E-state index contributed by atoms with van der Waals surface area (Å²) in [5.74, 6) is 1.04. The van der Waals surface area contributed by atoms with Gasteiger partial charge in [0.15, 0.2) is 11.5 Å². The Bertz CT molecular complexity index is 727. The maximum atomic E-state index is 9.05. The van der Waals surface area contributed by atoms with Crippen LogP contribution in [0.15, 0.2) is 30.3 Å². The van der Waals surface area contributed by atoms with Crippen LogP contribution in [0.3, 0.4) is 0 Å². The first-order chi connectivity index (χ1) is 9.67. The summed E-state index contributed by atoms with van der Waals surface area (Å²) >= 11 is 0. The van der Waals surface area contributed by atoms with Crippen LogP contribution in [0, 0.1) is 29.6 Å². The van der Waals surface area contributed by atoms with Crippen LogP contribution in [-0.2, 0) is 0 Å². The molecule has 0 bridgehead atoms. The smallest absolute Gasteiger partial charge is 0.237 e. The summed E-state index contributed by atoms with van der Waals surface area (Å²) in [6.45, 7) is 1.81. The predicted octanol–water partition coefficient (Wildman–Crippen LogP) is 2.93. The number of hydrogen-bond donors (Lipinski definition) is 0. The molecule has 1 heterocycles. The van der Waals surface area contributed by atoms with Gasteiger partial charge in [0.2, 0.25) is 5.88 Å². The number of hydrogen-bond acceptors (Lipinski definition) is 5. The molecule has 20 heavy (non-hydrogen) atoms. The first kappa shape index (κ1) is 13.4. The van der Waals surface area contributed by atoms with E-state index in [0.717, 1.165) is 5.69 Å². The van der Waals surface area contributed by atoms with Crippen molar-refractivity contribution in [3.05, 3.63) is 47.2 Å². The molecule has 0 N–H and O–H groups in total. The molecule has 1 aromatic carbocycles. The Labute approximate surface area is 116 Å². The molecule has 0 unspecified atom stereocenters. The third kappa shape index (κ3) is 2.68. The van der Waals surface area contributed by atoms with Crippen molar-refractivity contribution >= 4 is 0 Å². The highest BCUT2D eigenvalue weighted by Gasteiger charge is 2.11.